The highest BCUT2D eigenvalue weighted by atomic mass is 16.5. The van der Waals surface area contributed by atoms with E-state index in [9.17, 15) is 0 Å². The Kier molecular flexibility index (Phi) is 5.52. The van der Waals surface area contributed by atoms with E-state index in [1.807, 2.05) is 12.1 Å². The third-order valence-electron chi connectivity index (χ3n) is 3.95. The lowest BCUT2D eigenvalue weighted by Gasteiger charge is -2.25. The Hall–Kier alpha value is -1.22. The molecule has 1 aromatic carbocycles. The zero-order valence-electron chi connectivity index (χ0n) is 12.2. The number of nitrogens with zero attached hydrogens (tertiary/aromatic N) is 1. The number of para-hydroxylation sites is 2. The molecular weight excluding hydrogens is 236 g/mol. The van der Waals surface area contributed by atoms with Gasteiger partial charge in [0.05, 0.1) is 12.8 Å². The van der Waals surface area contributed by atoms with Crippen molar-refractivity contribution in [1.82, 2.24) is 5.32 Å². The third-order valence-corrected chi connectivity index (χ3v) is 3.95. The minimum atomic E-state index is 0.736. The summed E-state index contributed by atoms with van der Waals surface area (Å²) in [6.07, 6.45) is 6.59. The van der Waals surface area contributed by atoms with Crippen LogP contribution in [0.4, 0.5) is 5.69 Å². The van der Waals surface area contributed by atoms with Crippen molar-refractivity contribution >= 4 is 5.69 Å². The molecular formula is C16H26N2O. The first-order chi connectivity index (χ1) is 9.31. The van der Waals surface area contributed by atoms with Crippen LogP contribution in [-0.4, -0.2) is 33.3 Å². The fourth-order valence-corrected chi connectivity index (χ4v) is 2.81. The van der Waals surface area contributed by atoms with Gasteiger partial charge < -0.3 is 15.0 Å². The minimum absolute atomic E-state index is 0.736. The molecule has 1 unspecified atom stereocenters. The molecule has 1 saturated heterocycles. The molecule has 1 aliphatic rings. The number of piperidine rings is 1. The fraction of sp³-hybridized carbons (Fsp3) is 0.625. The van der Waals surface area contributed by atoms with Crippen molar-refractivity contribution in [1.29, 1.82) is 0 Å². The number of hydrogen-bond acceptors (Lipinski definition) is 3. The zero-order chi connectivity index (χ0) is 13.5. The van der Waals surface area contributed by atoms with Gasteiger partial charge in [-0.05, 0) is 44.4 Å². The standard InChI is InChI=1S/C16H26N2O/c1-18(15-10-3-4-11-16(15)19-2)13-7-9-14-8-5-6-12-17-14/h3-4,10-11,14,17H,5-9,12-13H2,1-2H3. The predicted molar refractivity (Wildman–Crippen MR) is 81.1 cm³/mol. The maximum absolute atomic E-state index is 5.41. The molecule has 0 radical (unpaired) electrons. The Morgan fingerprint density at radius 1 is 1.32 bits per heavy atom. The molecule has 1 heterocycles. The van der Waals surface area contributed by atoms with Crippen LogP contribution in [0.1, 0.15) is 32.1 Å². The van der Waals surface area contributed by atoms with E-state index in [1.54, 1.807) is 7.11 Å². The highest BCUT2D eigenvalue weighted by molar-refractivity contribution is 5.57. The molecule has 1 atom stereocenters. The van der Waals surface area contributed by atoms with E-state index >= 15 is 0 Å². The topological polar surface area (TPSA) is 24.5 Å². The molecule has 3 nitrogen and oxygen atoms in total. The maximum Gasteiger partial charge on any atom is 0.142 e. The highest BCUT2D eigenvalue weighted by Crippen LogP contribution is 2.26. The summed E-state index contributed by atoms with van der Waals surface area (Å²) in [4.78, 5) is 2.29. The predicted octanol–water partition coefficient (Wildman–Crippen LogP) is 3.05. The first kappa shape index (κ1) is 14.2. The average Bonchev–Trinajstić information content (AvgIpc) is 2.48. The quantitative estimate of drug-likeness (QED) is 0.853. The molecule has 1 N–H and O–H groups in total. The Morgan fingerprint density at radius 2 is 2.16 bits per heavy atom. The summed E-state index contributed by atoms with van der Waals surface area (Å²) in [7, 11) is 3.88. The van der Waals surface area contributed by atoms with Crippen LogP contribution in [-0.2, 0) is 0 Å². The van der Waals surface area contributed by atoms with E-state index in [0.29, 0.717) is 0 Å². The number of rotatable bonds is 6. The third kappa shape index (κ3) is 4.13. The lowest BCUT2D eigenvalue weighted by atomic mass is 10.0. The monoisotopic (exact) mass is 262 g/mol. The van der Waals surface area contributed by atoms with Crippen molar-refractivity contribution in [3.63, 3.8) is 0 Å². The molecule has 0 bridgehead atoms. The molecule has 1 fully saturated rings. The molecule has 2 rings (SSSR count). The summed E-state index contributed by atoms with van der Waals surface area (Å²) in [5, 5.41) is 3.61. The van der Waals surface area contributed by atoms with Crippen molar-refractivity contribution in [2.24, 2.45) is 0 Å². The maximum atomic E-state index is 5.41. The SMILES string of the molecule is COc1ccccc1N(C)CCCC1CCCCN1. The normalized spacial score (nSPS) is 19.2. The minimum Gasteiger partial charge on any atom is -0.495 e. The van der Waals surface area contributed by atoms with Crippen molar-refractivity contribution in [2.45, 2.75) is 38.1 Å². The zero-order valence-corrected chi connectivity index (χ0v) is 12.2. The lowest BCUT2D eigenvalue weighted by Crippen LogP contribution is -2.34. The average molecular weight is 262 g/mol. The van der Waals surface area contributed by atoms with E-state index < -0.39 is 0 Å². The van der Waals surface area contributed by atoms with Crippen LogP contribution < -0.4 is 15.0 Å². The van der Waals surface area contributed by atoms with Crippen molar-refractivity contribution in [3.05, 3.63) is 24.3 Å². The van der Waals surface area contributed by atoms with Crippen LogP contribution in [0.25, 0.3) is 0 Å². The number of hydrogen-bond donors (Lipinski definition) is 1. The summed E-state index contributed by atoms with van der Waals surface area (Å²) in [5.41, 5.74) is 1.18. The molecule has 3 heteroatoms. The van der Waals surface area contributed by atoms with Crippen LogP contribution in [0.15, 0.2) is 24.3 Å². The van der Waals surface area contributed by atoms with Gasteiger partial charge in [-0.25, -0.2) is 0 Å². The van der Waals surface area contributed by atoms with Gasteiger partial charge in [-0.1, -0.05) is 18.6 Å². The van der Waals surface area contributed by atoms with E-state index in [4.69, 9.17) is 4.74 Å². The molecule has 0 aliphatic carbocycles. The van der Waals surface area contributed by atoms with Gasteiger partial charge in [0, 0.05) is 19.6 Å². The largest absolute Gasteiger partial charge is 0.495 e. The molecule has 1 aliphatic heterocycles. The molecule has 0 saturated carbocycles. The van der Waals surface area contributed by atoms with Gasteiger partial charge >= 0.3 is 0 Å². The molecule has 106 valence electrons. The van der Waals surface area contributed by atoms with Crippen molar-refractivity contribution in [3.8, 4) is 5.75 Å². The first-order valence-electron chi connectivity index (χ1n) is 7.39. The van der Waals surface area contributed by atoms with Crippen LogP contribution in [0.5, 0.6) is 5.75 Å². The number of methoxy groups -OCH3 is 1. The van der Waals surface area contributed by atoms with Gasteiger partial charge in [-0.15, -0.1) is 0 Å². The van der Waals surface area contributed by atoms with Crippen molar-refractivity contribution < 1.29 is 4.74 Å². The molecule has 1 aromatic rings. The number of benzene rings is 1. The second-order valence-electron chi connectivity index (χ2n) is 5.38. The molecule has 19 heavy (non-hydrogen) atoms. The summed E-state index contributed by atoms with van der Waals surface area (Å²) in [6, 6.07) is 8.96. The second kappa shape index (κ2) is 7.39. The Labute approximate surface area is 116 Å². The molecule has 0 amide bonds. The van der Waals surface area contributed by atoms with Gasteiger partial charge in [-0.3, -0.25) is 0 Å². The van der Waals surface area contributed by atoms with Gasteiger partial charge in [0.1, 0.15) is 5.75 Å². The fourth-order valence-electron chi connectivity index (χ4n) is 2.81. The van der Waals surface area contributed by atoms with Gasteiger partial charge in [0.15, 0.2) is 0 Å². The number of nitrogens with one attached hydrogen (secondary N) is 1. The molecule has 0 aromatic heterocycles. The Balaban J connectivity index is 1.78. The van der Waals surface area contributed by atoms with Crippen LogP contribution in [0.2, 0.25) is 0 Å². The van der Waals surface area contributed by atoms with Crippen LogP contribution in [0.3, 0.4) is 0 Å². The van der Waals surface area contributed by atoms with Crippen LogP contribution >= 0.6 is 0 Å². The molecule has 0 spiro atoms. The van der Waals surface area contributed by atoms with E-state index in [-0.39, 0.29) is 0 Å². The summed E-state index contributed by atoms with van der Waals surface area (Å²) in [6.45, 7) is 2.28. The van der Waals surface area contributed by atoms with E-state index in [1.165, 1.54) is 44.3 Å². The summed E-state index contributed by atoms with van der Waals surface area (Å²) in [5.74, 6) is 0.959. The van der Waals surface area contributed by atoms with E-state index in [0.717, 1.165) is 18.3 Å². The van der Waals surface area contributed by atoms with E-state index in [2.05, 4.69) is 29.4 Å². The Morgan fingerprint density at radius 3 is 2.89 bits per heavy atom. The number of anilines is 1. The number of ether oxygens (including phenoxy) is 1. The first-order valence-corrected chi connectivity index (χ1v) is 7.39. The second-order valence-corrected chi connectivity index (χ2v) is 5.38. The lowest BCUT2D eigenvalue weighted by molar-refractivity contribution is 0.376. The van der Waals surface area contributed by atoms with Crippen LogP contribution in [0, 0.1) is 0 Å². The van der Waals surface area contributed by atoms with Gasteiger partial charge in [0.2, 0.25) is 0 Å². The van der Waals surface area contributed by atoms with Gasteiger partial charge in [0.25, 0.3) is 0 Å². The summed E-state index contributed by atoms with van der Waals surface area (Å²) >= 11 is 0. The highest BCUT2D eigenvalue weighted by Gasteiger charge is 2.13. The smallest absolute Gasteiger partial charge is 0.142 e. The Bertz CT molecular complexity index is 375. The summed E-state index contributed by atoms with van der Waals surface area (Å²) < 4.78 is 5.41. The van der Waals surface area contributed by atoms with Crippen molar-refractivity contribution in [2.75, 3.05) is 32.1 Å². The van der Waals surface area contributed by atoms with Gasteiger partial charge in [-0.2, -0.15) is 0 Å².